The Balaban J connectivity index is 2.31. The van der Waals surface area contributed by atoms with E-state index in [9.17, 15) is 4.79 Å². The van der Waals surface area contributed by atoms with E-state index in [1.165, 1.54) is 0 Å². The summed E-state index contributed by atoms with van der Waals surface area (Å²) in [6.45, 7) is 8.60. The molecular formula is C13H27N3O. The van der Waals surface area contributed by atoms with Crippen molar-refractivity contribution in [1.82, 2.24) is 10.2 Å². The van der Waals surface area contributed by atoms with Crippen LogP contribution >= 0.6 is 0 Å². The summed E-state index contributed by atoms with van der Waals surface area (Å²) in [5.74, 6) is 0.710. The number of amides is 1. The summed E-state index contributed by atoms with van der Waals surface area (Å²) < 4.78 is 0. The van der Waals surface area contributed by atoms with E-state index in [4.69, 9.17) is 5.73 Å². The average molecular weight is 241 g/mol. The van der Waals surface area contributed by atoms with Gasteiger partial charge in [0.2, 0.25) is 5.91 Å². The van der Waals surface area contributed by atoms with E-state index in [0.717, 1.165) is 32.4 Å². The Morgan fingerprint density at radius 2 is 2.29 bits per heavy atom. The predicted molar refractivity (Wildman–Crippen MR) is 70.7 cm³/mol. The molecule has 0 radical (unpaired) electrons. The number of carbonyl (C=O) groups is 1. The van der Waals surface area contributed by atoms with Crippen molar-refractivity contribution in [3.05, 3.63) is 0 Å². The Morgan fingerprint density at radius 3 is 2.82 bits per heavy atom. The molecule has 4 heteroatoms. The lowest BCUT2D eigenvalue weighted by atomic mass is 10.1. The maximum atomic E-state index is 11.8. The van der Waals surface area contributed by atoms with Gasteiger partial charge in [-0.25, -0.2) is 0 Å². The third-order valence-corrected chi connectivity index (χ3v) is 3.60. The summed E-state index contributed by atoms with van der Waals surface area (Å²) in [5, 5.41) is 3.05. The second-order valence-electron chi connectivity index (χ2n) is 5.37. The van der Waals surface area contributed by atoms with Gasteiger partial charge in [-0.3, -0.25) is 9.69 Å². The van der Waals surface area contributed by atoms with Gasteiger partial charge >= 0.3 is 0 Å². The fourth-order valence-corrected chi connectivity index (χ4v) is 2.62. The summed E-state index contributed by atoms with van der Waals surface area (Å²) in [6, 6.07) is 0.770. The fourth-order valence-electron chi connectivity index (χ4n) is 2.62. The molecule has 1 aliphatic rings. The molecule has 1 fully saturated rings. The van der Waals surface area contributed by atoms with E-state index < -0.39 is 0 Å². The van der Waals surface area contributed by atoms with Crippen LogP contribution in [0.4, 0.5) is 0 Å². The number of likely N-dealkylation sites (tertiary alicyclic amines) is 1. The van der Waals surface area contributed by atoms with Crippen molar-refractivity contribution in [2.24, 2.45) is 11.7 Å². The van der Waals surface area contributed by atoms with Crippen LogP contribution in [0.5, 0.6) is 0 Å². The number of nitrogens with one attached hydrogen (secondary N) is 1. The van der Waals surface area contributed by atoms with Crippen molar-refractivity contribution < 1.29 is 4.79 Å². The van der Waals surface area contributed by atoms with Gasteiger partial charge in [-0.1, -0.05) is 13.3 Å². The van der Waals surface area contributed by atoms with E-state index in [2.05, 4.69) is 31.0 Å². The molecule has 0 saturated carbocycles. The normalized spacial score (nSPS) is 27.1. The first-order valence-electron chi connectivity index (χ1n) is 6.80. The van der Waals surface area contributed by atoms with Crippen molar-refractivity contribution in [1.29, 1.82) is 0 Å². The van der Waals surface area contributed by atoms with Gasteiger partial charge in [-0.05, 0) is 39.2 Å². The van der Waals surface area contributed by atoms with Gasteiger partial charge in [0.1, 0.15) is 0 Å². The molecule has 0 aromatic heterocycles. The van der Waals surface area contributed by atoms with Crippen LogP contribution in [0.1, 0.15) is 40.0 Å². The predicted octanol–water partition coefficient (Wildman–Crippen LogP) is 0.960. The van der Waals surface area contributed by atoms with Gasteiger partial charge in [0.05, 0.1) is 6.54 Å². The molecular weight excluding hydrogens is 214 g/mol. The van der Waals surface area contributed by atoms with Crippen LogP contribution in [0, 0.1) is 5.92 Å². The zero-order valence-electron chi connectivity index (χ0n) is 11.4. The molecule has 3 atom stereocenters. The van der Waals surface area contributed by atoms with E-state index in [1.807, 2.05) is 0 Å². The number of hydrogen-bond donors (Lipinski definition) is 2. The molecule has 1 saturated heterocycles. The van der Waals surface area contributed by atoms with Gasteiger partial charge < -0.3 is 11.1 Å². The van der Waals surface area contributed by atoms with Gasteiger partial charge in [0.15, 0.2) is 0 Å². The molecule has 1 amide bonds. The zero-order chi connectivity index (χ0) is 12.8. The Hall–Kier alpha value is -0.610. The average Bonchev–Trinajstić information content (AvgIpc) is 2.59. The molecule has 17 heavy (non-hydrogen) atoms. The second kappa shape index (κ2) is 6.97. The largest absolute Gasteiger partial charge is 0.353 e. The minimum absolute atomic E-state index is 0.149. The Bertz CT molecular complexity index is 245. The van der Waals surface area contributed by atoms with Gasteiger partial charge in [0.25, 0.3) is 0 Å². The Kier molecular flexibility index (Phi) is 5.92. The zero-order valence-corrected chi connectivity index (χ0v) is 11.4. The van der Waals surface area contributed by atoms with Gasteiger partial charge in [-0.15, -0.1) is 0 Å². The summed E-state index contributed by atoms with van der Waals surface area (Å²) in [7, 11) is 0. The van der Waals surface area contributed by atoms with E-state index in [1.54, 1.807) is 0 Å². The van der Waals surface area contributed by atoms with Crippen LogP contribution in [-0.4, -0.2) is 42.5 Å². The lowest BCUT2D eigenvalue weighted by Crippen LogP contribution is -2.42. The van der Waals surface area contributed by atoms with E-state index in [-0.39, 0.29) is 11.9 Å². The van der Waals surface area contributed by atoms with Crippen LogP contribution in [0.2, 0.25) is 0 Å². The molecule has 3 N–H and O–H groups in total. The highest BCUT2D eigenvalue weighted by Crippen LogP contribution is 2.21. The fraction of sp³-hybridized carbons (Fsp3) is 0.923. The molecule has 0 aliphatic carbocycles. The molecule has 0 spiro atoms. The first-order chi connectivity index (χ1) is 8.06. The standard InChI is InChI=1S/C13H27N3O/c1-4-5-10(2)15-13(17)9-16-8-12(7-14)6-11(16)3/h10-12H,4-9,14H2,1-3H3,(H,15,17). The van der Waals surface area contributed by atoms with E-state index >= 15 is 0 Å². The number of nitrogens with zero attached hydrogens (tertiary/aromatic N) is 1. The van der Waals surface area contributed by atoms with Crippen molar-refractivity contribution in [2.75, 3.05) is 19.6 Å². The molecule has 0 bridgehead atoms. The smallest absolute Gasteiger partial charge is 0.234 e. The minimum atomic E-state index is 0.149. The minimum Gasteiger partial charge on any atom is -0.353 e. The summed E-state index contributed by atoms with van der Waals surface area (Å²) in [5.41, 5.74) is 5.68. The number of nitrogens with two attached hydrogens (primary N) is 1. The second-order valence-corrected chi connectivity index (χ2v) is 5.37. The monoisotopic (exact) mass is 241 g/mol. The third-order valence-electron chi connectivity index (χ3n) is 3.60. The van der Waals surface area contributed by atoms with Crippen molar-refractivity contribution >= 4 is 5.91 Å². The summed E-state index contributed by atoms with van der Waals surface area (Å²) in [4.78, 5) is 14.1. The first kappa shape index (κ1) is 14.5. The van der Waals surface area contributed by atoms with Crippen LogP contribution in [0.15, 0.2) is 0 Å². The van der Waals surface area contributed by atoms with Crippen LogP contribution < -0.4 is 11.1 Å². The van der Waals surface area contributed by atoms with E-state index in [0.29, 0.717) is 18.5 Å². The molecule has 1 rings (SSSR count). The molecule has 0 aromatic rings. The van der Waals surface area contributed by atoms with Crippen molar-refractivity contribution in [3.63, 3.8) is 0 Å². The molecule has 100 valence electrons. The highest BCUT2D eigenvalue weighted by molar-refractivity contribution is 5.78. The number of hydrogen-bond acceptors (Lipinski definition) is 3. The molecule has 4 nitrogen and oxygen atoms in total. The van der Waals surface area contributed by atoms with Crippen LogP contribution in [0.25, 0.3) is 0 Å². The maximum Gasteiger partial charge on any atom is 0.234 e. The highest BCUT2D eigenvalue weighted by Gasteiger charge is 2.29. The molecule has 0 aromatic carbocycles. The lowest BCUT2D eigenvalue weighted by Gasteiger charge is -2.21. The van der Waals surface area contributed by atoms with Gasteiger partial charge in [0, 0.05) is 18.6 Å². The molecule has 3 unspecified atom stereocenters. The topological polar surface area (TPSA) is 58.4 Å². The Labute approximate surface area is 105 Å². The van der Waals surface area contributed by atoms with Crippen molar-refractivity contribution in [2.45, 2.75) is 52.1 Å². The van der Waals surface area contributed by atoms with Crippen molar-refractivity contribution in [3.8, 4) is 0 Å². The maximum absolute atomic E-state index is 11.8. The summed E-state index contributed by atoms with van der Waals surface area (Å²) in [6.07, 6.45) is 3.28. The van der Waals surface area contributed by atoms with Crippen LogP contribution in [0.3, 0.4) is 0 Å². The lowest BCUT2D eigenvalue weighted by molar-refractivity contribution is -0.123. The van der Waals surface area contributed by atoms with Gasteiger partial charge in [-0.2, -0.15) is 0 Å². The number of rotatable bonds is 6. The Morgan fingerprint density at radius 1 is 1.59 bits per heavy atom. The first-order valence-corrected chi connectivity index (χ1v) is 6.80. The third kappa shape index (κ3) is 4.64. The van der Waals surface area contributed by atoms with Crippen LogP contribution in [-0.2, 0) is 4.79 Å². The number of carbonyl (C=O) groups excluding carboxylic acids is 1. The highest BCUT2D eigenvalue weighted by atomic mass is 16.2. The molecule has 1 heterocycles. The molecule has 1 aliphatic heterocycles. The quantitative estimate of drug-likeness (QED) is 0.728. The SMILES string of the molecule is CCCC(C)NC(=O)CN1CC(CN)CC1C. The summed E-state index contributed by atoms with van der Waals surface area (Å²) >= 11 is 0.